The van der Waals surface area contributed by atoms with Crippen LogP contribution in [0.1, 0.15) is 0 Å². The van der Waals surface area contributed by atoms with Crippen LogP contribution in [-0.2, 0) is 0 Å². The molecule has 0 saturated carbocycles. The van der Waals surface area contributed by atoms with Crippen molar-refractivity contribution in [3.05, 3.63) is 0 Å². The van der Waals surface area contributed by atoms with Crippen molar-refractivity contribution < 1.29 is 13.2 Å². The summed E-state index contributed by atoms with van der Waals surface area (Å²) in [5.41, 5.74) is 0. The maximum absolute atomic E-state index is 11.0. The van der Waals surface area contributed by atoms with Crippen molar-refractivity contribution in [1.29, 1.82) is 0 Å². The van der Waals surface area contributed by atoms with Gasteiger partial charge in [0, 0.05) is 0 Å². The van der Waals surface area contributed by atoms with E-state index < -0.39 is 10.5 Å². The molecule has 0 aliphatic heterocycles. The zero-order chi connectivity index (χ0) is 6.08. The van der Waals surface area contributed by atoms with Crippen LogP contribution in [0.2, 0.25) is 0 Å². The predicted molar refractivity (Wildman–Crippen MR) is 34.6 cm³/mol. The first-order valence-electron chi connectivity index (χ1n) is 1.29. The van der Waals surface area contributed by atoms with E-state index in [1.807, 2.05) is 0 Å². The molecule has 0 aromatic heterocycles. The van der Waals surface area contributed by atoms with Crippen molar-refractivity contribution in [1.82, 2.24) is 0 Å². The Morgan fingerprint density at radius 1 is 1.38 bits per heavy atom. The van der Waals surface area contributed by atoms with Gasteiger partial charge in [0.15, 0.2) is 4.29 Å². The molecule has 0 aromatic carbocycles. The molecule has 8 heavy (non-hydrogen) atoms. The normalized spacial score (nSPS) is 14.6. The summed E-state index contributed by atoms with van der Waals surface area (Å²) in [6.45, 7) is 0. The van der Waals surface area contributed by atoms with E-state index in [1.165, 1.54) is 0 Å². The first-order chi connectivity index (χ1) is 2.94. The number of hydrogen-bond donors (Lipinski definition) is 0. The van der Waals surface area contributed by atoms with E-state index in [9.17, 15) is 13.2 Å². The Morgan fingerprint density at radius 3 is 1.50 bits per heavy atom. The summed E-state index contributed by atoms with van der Waals surface area (Å²) in [5.74, 6) is 0. The molecule has 0 heterocycles. The van der Waals surface area contributed by atoms with Crippen molar-refractivity contribution in [3.8, 4) is 0 Å². The molecule has 0 bridgehead atoms. The zero-order valence-corrected chi connectivity index (χ0v) is 10.1. The first kappa shape index (κ1) is 12.1. The molecule has 52 valence electrons. The van der Waals surface area contributed by atoms with Gasteiger partial charge >= 0.3 is 30.6 Å². The second-order valence-electron chi connectivity index (χ2n) is 0.842. The van der Waals surface area contributed by atoms with Crippen LogP contribution in [0.25, 0.3) is 0 Å². The van der Waals surface area contributed by atoms with Crippen LogP contribution in [0, 0.1) is 0 Å². The summed E-state index contributed by atoms with van der Waals surface area (Å²) in [4.78, 5) is 0. The summed E-state index contributed by atoms with van der Waals surface area (Å²) in [6, 6.07) is 0. The molecule has 0 aliphatic rings. The number of rotatable bonds is 0. The zero-order valence-electron chi connectivity index (χ0n) is 3.67. The Kier molecular flexibility index (Phi) is 6.40. The molecule has 0 saturated heterocycles. The topological polar surface area (TPSA) is 0 Å². The van der Waals surface area contributed by atoms with Gasteiger partial charge in [-0.1, -0.05) is 15.9 Å². The van der Waals surface area contributed by atoms with Crippen LogP contribution in [0.5, 0.6) is 0 Å². The molecule has 0 aromatic rings. The Morgan fingerprint density at radius 2 is 1.50 bits per heavy atom. The van der Waals surface area contributed by atoms with Gasteiger partial charge in [0.05, 0.1) is 0 Å². The summed E-state index contributed by atoms with van der Waals surface area (Å²) < 4.78 is 31.1. The third kappa shape index (κ3) is 5.51. The third-order valence-corrected chi connectivity index (χ3v) is 1.01. The molecular weight excluding hydrogens is 318 g/mol. The maximum atomic E-state index is 11.0. The van der Waals surface area contributed by atoms with Gasteiger partial charge in [-0.2, -0.15) is 13.2 Å². The van der Waals surface area contributed by atoms with Crippen LogP contribution in [0.4, 0.5) is 13.2 Å². The van der Waals surface area contributed by atoms with E-state index in [1.54, 1.807) is 0 Å². The fourth-order valence-electron chi connectivity index (χ4n) is 0. The molecule has 0 fully saturated rings. The fraction of sp³-hybridized carbons (Fsp3) is 1.00. The van der Waals surface area contributed by atoms with E-state index in [0.29, 0.717) is 0 Å². The SMILES string of the molecule is FC(F)(F)C(Cl)Br.[SbH3]. The number of hydrogen-bond acceptors (Lipinski definition) is 0. The van der Waals surface area contributed by atoms with Crippen LogP contribution in [-0.4, -0.2) is 34.9 Å². The predicted octanol–water partition coefficient (Wildman–Crippen LogP) is 1.32. The van der Waals surface area contributed by atoms with Crippen molar-refractivity contribution in [2.24, 2.45) is 0 Å². The van der Waals surface area contributed by atoms with E-state index in [0.717, 1.165) is 0 Å². The molecular formula is C2H4BrClF3Sb. The summed E-state index contributed by atoms with van der Waals surface area (Å²) in [6.07, 6.45) is -4.32. The van der Waals surface area contributed by atoms with Crippen LogP contribution < -0.4 is 0 Å². The molecule has 0 spiro atoms. The molecule has 0 aliphatic carbocycles. The Hall–Kier alpha value is 1.38. The summed E-state index contributed by atoms with van der Waals surface area (Å²) in [7, 11) is 0. The molecule has 0 radical (unpaired) electrons. The fourth-order valence-corrected chi connectivity index (χ4v) is 0. The second kappa shape index (κ2) is 4.23. The van der Waals surface area contributed by atoms with Gasteiger partial charge in [-0.25, -0.2) is 0 Å². The second-order valence-corrected chi connectivity index (χ2v) is 2.72. The summed E-state index contributed by atoms with van der Waals surface area (Å²) in [5, 5.41) is 0. The first-order valence-corrected chi connectivity index (χ1v) is 2.64. The minimum atomic E-state index is -4.32. The van der Waals surface area contributed by atoms with Crippen LogP contribution in [0.15, 0.2) is 0 Å². The van der Waals surface area contributed by atoms with Gasteiger partial charge < -0.3 is 0 Å². The van der Waals surface area contributed by atoms with Crippen molar-refractivity contribution >= 4 is 52.0 Å². The van der Waals surface area contributed by atoms with Gasteiger partial charge in [0.1, 0.15) is 0 Å². The average molecular weight is 322 g/mol. The van der Waals surface area contributed by atoms with E-state index >= 15 is 0 Å². The van der Waals surface area contributed by atoms with Crippen LogP contribution >= 0.6 is 27.5 Å². The van der Waals surface area contributed by atoms with Crippen molar-refractivity contribution in [2.75, 3.05) is 0 Å². The molecule has 0 rings (SSSR count). The van der Waals surface area contributed by atoms with E-state index in [2.05, 4.69) is 27.5 Å². The standard InChI is InChI=1S/C2HBrClF3.Sb.3H/c3-1(4)2(5,6)7;;;;/h1H;;;;. The molecule has 0 nitrogen and oxygen atoms in total. The van der Waals surface area contributed by atoms with Gasteiger partial charge in [0.2, 0.25) is 0 Å². The third-order valence-electron chi connectivity index (χ3n) is 0.247. The molecule has 6 heteroatoms. The monoisotopic (exact) mass is 320 g/mol. The molecule has 1 unspecified atom stereocenters. The van der Waals surface area contributed by atoms with Gasteiger partial charge in [0.25, 0.3) is 0 Å². The Labute approximate surface area is 75.3 Å². The number of halogens is 5. The minimum absolute atomic E-state index is 0. The Balaban J connectivity index is 0. The molecule has 1 atom stereocenters. The molecule has 0 amide bonds. The van der Waals surface area contributed by atoms with Crippen LogP contribution in [0.3, 0.4) is 0 Å². The number of alkyl halides is 5. The quantitative estimate of drug-likeness (QED) is 0.466. The van der Waals surface area contributed by atoms with Gasteiger partial charge in [-0.3, -0.25) is 0 Å². The van der Waals surface area contributed by atoms with E-state index in [-0.39, 0.29) is 24.4 Å². The Bertz CT molecular complexity index is 62.8. The van der Waals surface area contributed by atoms with Crippen molar-refractivity contribution in [2.45, 2.75) is 10.5 Å². The summed E-state index contributed by atoms with van der Waals surface area (Å²) >= 11 is 6.68. The van der Waals surface area contributed by atoms with Gasteiger partial charge in [-0.15, -0.1) is 11.6 Å². The average Bonchev–Trinajstić information content (AvgIpc) is 1.31. The van der Waals surface area contributed by atoms with Gasteiger partial charge in [-0.05, 0) is 0 Å². The van der Waals surface area contributed by atoms with E-state index in [4.69, 9.17) is 0 Å². The molecule has 0 N–H and O–H groups in total. The van der Waals surface area contributed by atoms with Crippen molar-refractivity contribution in [3.63, 3.8) is 0 Å².